The molecule has 2 N–H and O–H groups in total. The number of benzene rings is 2. The number of halogens is 1. The average molecular weight is 489 g/mol. The molecule has 2 aromatic rings. The maximum Gasteiger partial charge on any atom is 0.270 e. The van der Waals surface area contributed by atoms with E-state index >= 15 is 0 Å². The Bertz CT molecular complexity index is 997. The van der Waals surface area contributed by atoms with Crippen LogP contribution in [0, 0.1) is 15.9 Å². The van der Waals surface area contributed by atoms with E-state index in [-0.39, 0.29) is 29.0 Å². The molecule has 3 rings (SSSR count). The summed E-state index contributed by atoms with van der Waals surface area (Å²) in [7, 11) is 0. The fourth-order valence-corrected chi connectivity index (χ4v) is 4.36. The van der Waals surface area contributed by atoms with Gasteiger partial charge in [0.05, 0.1) is 4.92 Å². The molecule has 1 atom stereocenters. The Balaban J connectivity index is 1.53. The number of nitro benzene ring substituents is 1. The number of non-ortho nitro benzene ring substituents is 1. The number of hydrogen-bond donors (Lipinski definition) is 2. The van der Waals surface area contributed by atoms with E-state index in [1.165, 1.54) is 36.4 Å². The maximum absolute atomic E-state index is 13.1. The lowest BCUT2D eigenvalue weighted by Gasteiger charge is -2.33. The summed E-state index contributed by atoms with van der Waals surface area (Å²) in [5, 5.41) is 16.8. The molecule has 10 heteroatoms. The number of amides is 2. The summed E-state index contributed by atoms with van der Waals surface area (Å²) in [6.45, 7) is 2.34. The Morgan fingerprint density at radius 2 is 1.91 bits per heavy atom. The van der Waals surface area contributed by atoms with E-state index < -0.39 is 16.9 Å². The van der Waals surface area contributed by atoms with Crippen molar-refractivity contribution in [3.05, 3.63) is 75.6 Å². The lowest BCUT2D eigenvalue weighted by Crippen LogP contribution is -2.52. The number of nitrogens with zero attached hydrogens (tertiary/aromatic N) is 2. The maximum atomic E-state index is 13.1. The van der Waals surface area contributed by atoms with Crippen LogP contribution in [0.4, 0.5) is 10.1 Å². The number of likely N-dealkylation sites (tertiary alicyclic amines) is 1. The van der Waals surface area contributed by atoms with Crippen LogP contribution in [0.2, 0.25) is 0 Å². The van der Waals surface area contributed by atoms with Crippen molar-refractivity contribution < 1.29 is 18.9 Å². The third-order valence-electron chi connectivity index (χ3n) is 5.81. The van der Waals surface area contributed by atoms with Crippen LogP contribution >= 0.6 is 11.8 Å². The fraction of sp³-hybridized carbons (Fsp3) is 0.417. The van der Waals surface area contributed by atoms with Crippen molar-refractivity contribution in [1.29, 1.82) is 0 Å². The number of thioether (sulfide) groups is 1. The molecule has 1 aliphatic heterocycles. The van der Waals surface area contributed by atoms with Crippen LogP contribution in [0.5, 0.6) is 0 Å². The van der Waals surface area contributed by atoms with Crippen LogP contribution in [0.15, 0.2) is 48.5 Å². The first-order valence-electron chi connectivity index (χ1n) is 11.2. The average Bonchev–Trinajstić information content (AvgIpc) is 2.84. The molecule has 182 valence electrons. The van der Waals surface area contributed by atoms with Crippen molar-refractivity contribution in [3.63, 3.8) is 0 Å². The Kier molecular flexibility index (Phi) is 9.41. The minimum atomic E-state index is -0.726. The molecule has 2 aromatic carbocycles. The lowest BCUT2D eigenvalue weighted by molar-refractivity contribution is -0.384. The minimum Gasteiger partial charge on any atom is -0.351 e. The summed E-state index contributed by atoms with van der Waals surface area (Å²) in [4.78, 5) is 38.4. The van der Waals surface area contributed by atoms with Gasteiger partial charge in [-0.05, 0) is 55.0 Å². The van der Waals surface area contributed by atoms with E-state index in [9.17, 15) is 24.1 Å². The molecular formula is C24H29FN4O4S. The number of carbonyl (C=O) groups is 2. The van der Waals surface area contributed by atoms with Crippen LogP contribution in [-0.4, -0.2) is 58.8 Å². The van der Waals surface area contributed by atoms with Crippen LogP contribution in [0.25, 0.3) is 0 Å². The van der Waals surface area contributed by atoms with Gasteiger partial charge in [-0.15, -0.1) is 0 Å². The zero-order valence-corrected chi connectivity index (χ0v) is 19.9. The van der Waals surface area contributed by atoms with Gasteiger partial charge < -0.3 is 10.6 Å². The zero-order valence-electron chi connectivity index (χ0n) is 19.0. The van der Waals surface area contributed by atoms with Gasteiger partial charge >= 0.3 is 0 Å². The van der Waals surface area contributed by atoms with Crippen molar-refractivity contribution in [2.75, 3.05) is 25.1 Å². The van der Waals surface area contributed by atoms with E-state index in [0.717, 1.165) is 38.0 Å². The Hall–Kier alpha value is -2.98. The number of carbonyl (C=O) groups excluding carboxylic acids is 2. The molecule has 0 saturated carbocycles. The number of piperidine rings is 1. The first-order chi connectivity index (χ1) is 16.4. The quantitative estimate of drug-likeness (QED) is 0.393. The van der Waals surface area contributed by atoms with Gasteiger partial charge in [-0.25, -0.2) is 4.39 Å². The van der Waals surface area contributed by atoms with Gasteiger partial charge in [0, 0.05) is 43.4 Å². The number of nitro groups is 1. The summed E-state index contributed by atoms with van der Waals surface area (Å²) < 4.78 is 13.1. The fourth-order valence-electron chi connectivity index (χ4n) is 3.89. The van der Waals surface area contributed by atoms with E-state index in [4.69, 9.17) is 0 Å². The highest BCUT2D eigenvalue weighted by Gasteiger charge is 2.26. The Morgan fingerprint density at radius 1 is 1.21 bits per heavy atom. The SMILES string of the molecule is CSCCC(NC(=O)c1cccc([N+](=O)[O-])c1)C(=O)NC1CCN(Cc2ccc(F)cc2)CC1. The van der Waals surface area contributed by atoms with Crippen molar-refractivity contribution in [2.24, 2.45) is 0 Å². The van der Waals surface area contributed by atoms with Crippen molar-refractivity contribution in [1.82, 2.24) is 15.5 Å². The second-order valence-corrected chi connectivity index (χ2v) is 9.29. The summed E-state index contributed by atoms with van der Waals surface area (Å²) in [6, 6.07) is 11.2. The molecule has 0 spiro atoms. The standard InChI is InChI=1S/C24H29FN4O4S/c1-34-14-11-22(27-23(30)18-3-2-4-21(15-18)29(32)33)24(31)26-20-9-12-28(13-10-20)16-17-5-7-19(25)8-6-17/h2-8,15,20,22H,9-14,16H2,1H3,(H,26,31)(H,27,30). The van der Waals surface area contributed by atoms with Gasteiger partial charge in [-0.2, -0.15) is 11.8 Å². The first kappa shape index (κ1) is 25.6. The van der Waals surface area contributed by atoms with Crippen molar-refractivity contribution in [2.45, 2.75) is 37.9 Å². The summed E-state index contributed by atoms with van der Waals surface area (Å²) in [5.41, 5.74) is 1.01. The van der Waals surface area contributed by atoms with Gasteiger partial charge in [0.1, 0.15) is 11.9 Å². The monoisotopic (exact) mass is 488 g/mol. The lowest BCUT2D eigenvalue weighted by atomic mass is 10.0. The summed E-state index contributed by atoms with van der Waals surface area (Å²) in [5.74, 6) is -0.327. The third-order valence-corrected chi connectivity index (χ3v) is 6.45. The zero-order chi connectivity index (χ0) is 24.5. The van der Waals surface area contributed by atoms with Gasteiger partial charge in [-0.1, -0.05) is 18.2 Å². The number of hydrogen-bond acceptors (Lipinski definition) is 6. The molecule has 0 aliphatic carbocycles. The summed E-state index contributed by atoms with van der Waals surface area (Å²) in [6.07, 6.45) is 3.94. The molecule has 8 nitrogen and oxygen atoms in total. The van der Waals surface area contributed by atoms with Gasteiger partial charge in [0.2, 0.25) is 5.91 Å². The molecule has 0 aromatic heterocycles. The van der Waals surface area contributed by atoms with E-state index in [1.807, 2.05) is 6.26 Å². The summed E-state index contributed by atoms with van der Waals surface area (Å²) >= 11 is 1.57. The van der Waals surface area contributed by atoms with Gasteiger partial charge in [-0.3, -0.25) is 24.6 Å². The Labute approximate surface area is 202 Å². The van der Waals surface area contributed by atoms with Crippen LogP contribution in [-0.2, 0) is 11.3 Å². The second-order valence-electron chi connectivity index (χ2n) is 8.30. The van der Waals surface area contributed by atoms with E-state index in [2.05, 4.69) is 15.5 Å². The van der Waals surface area contributed by atoms with E-state index in [0.29, 0.717) is 12.2 Å². The second kappa shape index (κ2) is 12.5. The van der Waals surface area contributed by atoms with Crippen LogP contribution in [0.3, 0.4) is 0 Å². The first-order valence-corrected chi connectivity index (χ1v) is 12.6. The molecular weight excluding hydrogens is 459 g/mol. The van der Waals surface area contributed by atoms with Gasteiger partial charge in [0.25, 0.3) is 11.6 Å². The van der Waals surface area contributed by atoms with E-state index in [1.54, 1.807) is 23.9 Å². The highest BCUT2D eigenvalue weighted by Crippen LogP contribution is 2.16. The Morgan fingerprint density at radius 3 is 2.56 bits per heavy atom. The molecule has 34 heavy (non-hydrogen) atoms. The molecule has 1 saturated heterocycles. The van der Waals surface area contributed by atoms with Crippen LogP contribution < -0.4 is 10.6 Å². The molecule has 0 bridgehead atoms. The van der Waals surface area contributed by atoms with Gasteiger partial charge in [0.15, 0.2) is 0 Å². The molecule has 1 fully saturated rings. The predicted molar refractivity (Wildman–Crippen MR) is 130 cm³/mol. The van der Waals surface area contributed by atoms with Crippen molar-refractivity contribution in [3.8, 4) is 0 Å². The molecule has 1 aliphatic rings. The molecule has 1 heterocycles. The molecule has 0 radical (unpaired) electrons. The molecule has 1 unspecified atom stereocenters. The minimum absolute atomic E-state index is 0.00321. The smallest absolute Gasteiger partial charge is 0.270 e. The topological polar surface area (TPSA) is 105 Å². The highest BCUT2D eigenvalue weighted by molar-refractivity contribution is 7.98. The largest absolute Gasteiger partial charge is 0.351 e. The molecule has 2 amide bonds. The normalized spacial score (nSPS) is 15.5. The number of rotatable bonds is 10. The van der Waals surface area contributed by atoms with Crippen molar-refractivity contribution >= 4 is 29.3 Å². The highest BCUT2D eigenvalue weighted by atomic mass is 32.2. The third kappa shape index (κ3) is 7.53. The predicted octanol–water partition coefficient (Wildman–Crippen LogP) is 3.37. The number of nitrogens with one attached hydrogen (secondary N) is 2. The van der Waals surface area contributed by atoms with Crippen LogP contribution in [0.1, 0.15) is 35.2 Å².